The van der Waals surface area contributed by atoms with Crippen molar-refractivity contribution in [2.45, 2.75) is 12.7 Å². The zero-order valence-corrected chi connectivity index (χ0v) is 12.8. The van der Waals surface area contributed by atoms with Gasteiger partial charge in [0.1, 0.15) is 5.69 Å². The van der Waals surface area contributed by atoms with E-state index in [4.69, 9.17) is 23.2 Å². The Labute approximate surface area is 138 Å². The molecule has 1 aromatic heterocycles. The number of carbonyl (C=O) groups excluding carboxylic acids is 1. The van der Waals surface area contributed by atoms with Crippen molar-refractivity contribution in [3.05, 3.63) is 62.5 Å². The molecule has 0 spiro atoms. The van der Waals surface area contributed by atoms with Crippen LogP contribution in [-0.4, -0.2) is 16.7 Å². The molecule has 0 aliphatic heterocycles. The van der Waals surface area contributed by atoms with Gasteiger partial charge in [0, 0.05) is 21.8 Å². The molecule has 122 valence electrons. The largest absolute Gasteiger partial charge is 0.471 e. The van der Waals surface area contributed by atoms with Crippen molar-refractivity contribution < 1.29 is 18.0 Å². The van der Waals surface area contributed by atoms with Crippen LogP contribution in [0.4, 0.5) is 18.9 Å². The first kappa shape index (κ1) is 17.4. The fraction of sp³-hybridized carbons (Fsp3) is 0.143. The highest BCUT2D eigenvalue weighted by molar-refractivity contribution is 6.35. The second kappa shape index (κ2) is 6.64. The van der Waals surface area contributed by atoms with Gasteiger partial charge in [-0.15, -0.1) is 0 Å². The molecule has 0 atom stereocenters. The van der Waals surface area contributed by atoms with E-state index >= 15 is 0 Å². The SMILES string of the molecule is O=C(Nc1cccn(Cc2c(Cl)cccc2Cl)c1=O)C(F)(F)F. The molecule has 0 aliphatic carbocycles. The molecule has 1 N–H and O–H groups in total. The molecule has 2 aromatic rings. The number of alkyl halides is 3. The van der Waals surface area contributed by atoms with Crippen LogP contribution >= 0.6 is 23.2 Å². The van der Waals surface area contributed by atoms with Gasteiger partial charge in [0.15, 0.2) is 0 Å². The number of anilines is 1. The summed E-state index contributed by atoms with van der Waals surface area (Å²) in [6.45, 7) is -0.0485. The third-order valence-electron chi connectivity index (χ3n) is 2.92. The van der Waals surface area contributed by atoms with Crippen molar-refractivity contribution in [2.24, 2.45) is 0 Å². The minimum atomic E-state index is -5.08. The molecule has 0 radical (unpaired) electrons. The minimum Gasteiger partial charge on any atom is -0.314 e. The number of hydrogen-bond acceptors (Lipinski definition) is 2. The summed E-state index contributed by atoms with van der Waals surface area (Å²) in [4.78, 5) is 23.1. The molecule has 1 amide bonds. The molecule has 23 heavy (non-hydrogen) atoms. The lowest BCUT2D eigenvalue weighted by Gasteiger charge is -2.12. The van der Waals surface area contributed by atoms with Crippen LogP contribution in [0.3, 0.4) is 0 Å². The second-order valence-corrected chi connectivity index (χ2v) is 5.32. The summed E-state index contributed by atoms with van der Waals surface area (Å²) in [6, 6.07) is 7.18. The summed E-state index contributed by atoms with van der Waals surface area (Å²) in [6.07, 6.45) is -3.73. The third-order valence-corrected chi connectivity index (χ3v) is 3.62. The van der Waals surface area contributed by atoms with Gasteiger partial charge in [0.25, 0.3) is 5.56 Å². The lowest BCUT2D eigenvalue weighted by atomic mass is 10.2. The predicted octanol–water partition coefficient (Wildman–Crippen LogP) is 3.70. The molecule has 2 rings (SSSR count). The summed E-state index contributed by atoms with van der Waals surface area (Å²) in [5.41, 5.74) is -0.851. The van der Waals surface area contributed by atoms with Gasteiger partial charge in [0.2, 0.25) is 0 Å². The van der Waals surface area contributed by atoms with Crippen LogP contribution in [0, 0.1) is 0 Å². The number of nitrogens with one attached hydrogen (secondary N) is 1. The molecule has 0 bridgehead atoms. The van der Waals surface area contributed by atoms with E-state index < -0.39 is 23.3 Å². The zero-order chi connectivity index (χ0) is 17.2. The summed E-state index contributed by atoms with van der Waals surface area (Å²) < 4.78 is 37.9. The van der Waals surface area contributed by atoms with E-state index in [1.165, 1.54) is 12.3 Å². The predicted molar refractivity (Wildman–Crippen MR) is 81.0 cm³/mol. The maximum atomic E-state index is 12.3. The lowest BCUT2D eigenvalue weighted by Crippen LogP contribution is -2.33. The number of nitrogens with zero attached hydrogens (tertiary/aromatic N) is 1. The first-order valence-electron chi connectivity index (χ1n) is 6.20. The standard InChI is InChI=1S/C14H9Cl2F3N2O2/c15-9-3-1-4-10(16)8(9)7-21-6-2-5-11(12(21)22)20-13(23)14(17,18)19/h1-6H,7H2,(H,20,23). The van der Waals surface area contributed by atoms with Gasteiger partial charge < -0.3 is 9.88 Å². The Bertz CT molecular complexity index is 783. The maximum absolute atomic E-state index is 12.3. The van der Waals surface area contributed by atoms with E-state index in [0.717, 1.165) is 10.6 Å². The third kappa shape index (κ3) is 4.05. The zero-order valence-electron chi connectivity index (χ0n) is 11.3. The number of amides is 1. The van der Waals surface area contributed by atoms with Crippen LogP contribution in [-0.2, 0) is 11.3 Å². The van der Waals surface area contributed by atoms with Gasteiger partial charge in [-0.2, -0.15) is 13.2 Å². The van der Waals surface area contributed by atoms with Gasteiger partial charge in [-0.3, -0.25) is 9.59 Å². The van der Waals surface area contributed by atoms with Crippen LogP contribution in [0.5, 0.6) is 0 Å². The molecule has 0 fully saturated rings. The van der Waals surface area contributed by atoms with Gasteiger partial charge in [0.05, 0.1) is 6.54 Å². The van der Waals surface area contributed by atoms with Crippen molar-refractivity contribution in [1.29, 1.82) is 0 Å². The molecule has 9 heteroatoms. The van der Waals surface area contributed by atoms with Crippen molar-refractivity contribution in [1.82, 2.24) is 4.57 Å². The minimum absolute atomic E-state index is 0.0485. The van der Waals surface area contributed by atoms with E-state index in [2.05, 4.69) is 0 Å². The Morgan fingerprint density at radius 1 is 1.13 bits per heavy atom. The number of carbonyl (C=O) groups is 1. The first-order chi connectivity index (χ1) is 10.7. The highest BCUT2D eigenvalue weighted by Crippen LogP contribution is 2.25. The maximum Gasteiger partial charge on any atom is 0.471 e. The fourth-order valence-corrected chi connectivity index (χ4v) is 2.32. The van der Waals surface area contributed by atoms with Gasteiger partial charge in [-0.1, -0.05) is 29.3 Å². The van der Waals surface area contributed by atoms with Crippen molar-refractivity contribution in [2.75, 3.05) is 5.32 Å². The normalized spacial score (nSPS) is 11.3. The van der Waals surface area contributed by atoms with E-state index in [9.17, 15) is 22.8 Å². The first-order valence-corrected chi connectivity index (χ1v) is 6.96. The monoisotopic (exact) mass is 364 g/mol. The highest BCUT2D eigenvalue weighted by atomic mass is 35.5. The van der Waals surface area contributed by atoms with Crippen LogP contribution in [0.2, 0.25) is 10.0 Å². The highest BCUT2D eigenvalue weighted by Gasteiger charge is 2.39. The van der Waals surface area contributed by atoms with Crippen LogP contribution in [0.15, 0.2) is 41.3 Å². The Morgan fingerprint density at radius 3 is 2.30 bits per heavy atom. The molecular weight excluding hydrogens is 356 g/mol. The number of hydrogen-bond donors (Lipinski definition) is 1. The summed E-state index contributed by atoms with van der Waals surface area (Å²) in [7, 11) is 0. The Hall–Kier alpha value is -1.99. The summed E-state index contributed by atoms with van der Waals surface area (Å²) in [5.74, 6) is -2.22. The lowest BCUT2D eigenvalue weighted by molar-refractivity contribution is -0.167. The Morgan fingerprint density at radius 2 is 1.74 bits per heavy atom. The van der Waals surface area contributed by atoms with E-state index in [1.807, 2.05) is 0 Å². The molecule has 4 nitrogen and oxygen atoms in total. The smallest absolute Gasteiger partial charge is 0.314 e. The Kier molecular flexibility index (Phi) is 5.01. The van der Waals surface area contributed by atoms with Crippen molar-refractivity contribution >= 4 is 34.8 Å². The number of pyridine rings is 1. The van der Waals surface area contributed by atoms with E-state index in [1.54, 1.807) is 23.5 Å². The summed E-state index contributed by atoms with van der Waals surface area (Å²) >= 11 is 12.0. The number of aromatic nitrogens is 1. The van der Waals surface area contributed by atoms with Crippen molar-refractivity contribution in [3.8, 4) is 0 Å². The molecule has 1 aromatic carbocycles. The van der Waals surface area contributed by atoms with Crippen molar-refractivity contribution in [3.63, 3.8) is 0 Å². The van der Waals surface area contributed by atoms with E-state index in [0.29, 0.717) is 15.6 Å². The van der Waals surface area contributed by atoms with Crippen LogP contribution in [0.25, 0.3) is 0 Å². The number of rotatable bonds is 3. The van der Waals surface area contributed by atoms with Crippen LogP contribution < -0.4 is 10.9 Å². The fourth-order valence-electron chi connectivity index (χ4n) is 1.80. The topological polar surface area (TPSA) is 51.1 Å². The summed E-state index contributed by atoms with van der Waals surface area (Å²) in [5, 5.41) is 2.17. The number of halogens is 5. The van der Waals surface area contributed by atoms with Gasteiger partial charge >= 0.3 is 12.1 Å². The average Bonchev–Trinajstić information content (AvgIpc) is 2.45. The molecule has 0 aliphatic rings. The molecular formula is C14H9Cl2F3N2O2. The number of benzene rings is 1. The quantitative estimate of drug-likeness (QED) is 0.902. The molecule has 0 saturated heterocycles. The average molecular weight is 365 g/mol. The molecule has 0 unspecified atom stereocenters. The molecule has 0 saturated carbocycles. The van der Waals surface area contributed by atoms with Gasteiger partial charge in [-0.25, -0.2) is 0 Å². The molecule has 1 heterocycles. The van der Waals surface area contributed by atoms with E-state index in [-0.39, 0.29) is 6.54 Å². The van der Waals surface area contributed by atoms with Crippen LogP contribution in [0.1, 0.15) is 5.56 Å². The Balaban J connectivity index is 2.34. The second-order valence-electron chi connectivity index (χ2n) is 4.51. The van der Waals surface area contributed by atoms with Gasteiger partial charge in [-0.05, 0) is 24.3 Å².